The van der Waals surface area contributed by atoms with Gasteiger partial charge in [-0.25, -0.2) is 8.78 Å². The molecule has 0 aromatic carbocycles. The van der Waals surface area contributed by atoms with Crippen LogP contribution in [-0.2, 0) is 4.74 Å². The maximum absolute atomic E-state index is 12.8. The summed E-state index contributed by atoms with van der Waals surface area (Å²) < 4.78 is 54.4. The highest BCUT2D eigenvalue weighted by Gasteiger charge is 2.41. The molecule has 1 N–H and O–H groups in total. The van der Waals surface area contributed by atoms with E-state index < -0.39 is 19.0 Å². The second kappa shape index (κ2) is 7.95. The van der Waals surface area contributed by atoms with Gasteiger partial charge in [0, 0.05) is 4.88 Å². The highest BCUT2D eigenvalue weighted by Crippen LogP contribution is 2.26. The molecule has 1 unspecified atom stereocenters. The molecule has 0 saturated carbocycles. The Morgan fingerprint density at radius 1 is 1.40 bits per heavy atom. The van der Waals surface area contributed by atoms with Gasteiger partial charge in [-0.2, -0.15) is 8.78 Å². The molecule has 2 nitrogen and oxygen atoms in total. The smallest absolute Gasteiger partial charge is 0.330 e. The van der Waals surface area contributed by atoms with E-state index >= 15 is 0 Å². The van der Waals surface area contributed by atoms with Gasteiger partial charge in [0.1, 0.15) is 6.61 Å². The number of hydrogen-bond donors (Lipinski definition) is 1. The fourth-order valence-electron chi connectivity index (χ4n) is 1.71. The molecule has 1 aromatic heterocycles. The Morgan fingerprint density at radius 3 is 2.60 bits per heavy atom. The lowest BCUT2D eigenvalue weighted by Crippen LogP contribution is -2.34. The van der Waals surface area contributed by atoms with Crippen LogP contribution in [0.5, 0.6) is 0 Å². The third-order valence-electron chi connectivity index (χ3n) is 2.81. The predicted octanol–water partition coefficient (Wildman–Crippen LogP) is 4.01. The molecule has 1 atom stereocenters. The Hall–Kier alpha value is -0.660. The summed E-state index contributed by atoms with van der Waals surface area (Å²) in [5.41, 5.74) is 0.962. The molecular formula is C13H19F4NOS. The standard InChI is InChI=1S/C13H19F4NOS/c1-3-5-18-11(10-4-6-20-9(10)2)7-19-8-13(16,17)12(14)15/h4,6,11-12,18H,3,5,7-8H2,1-2H3. The Labute approximate surface area is 120 Å². The molecule has 1 rings (SSSR count). The number of hydrogen-bond acceptors (Lipinski definition) is 3. The molecule has 1 heterocycles. The molecule has 0 fully saturated rings. The first-order valence-electron chi connectivity index (χ1n) is 6.39. The van der Waals surface area contributed by atoms with E-state index in [4.69, 9.17) is 4.74 Å². The monoisotopic (exact) mass is 313 g/mol. The Balaban J connectivity index is 2.56. The van der Waals surface area contributed by atoms with Crippen molar-refractivity contribution in [1.82, 2.24) is 5.32 Å². The fourth-order valence-corrected chi connectivity index (χ4v) is 2.47. The summed E-state index contributed by atoms with van der Waals surface area (Å²) in [4.78, 5) is 1.06. The number of nitrogens with one attached hydrogen (secondary N) is 1. The zero-order valence-corrected chi connectivity index (χ0v) is 12.3. The van der Waals surface area contributed by atoms with E-state index in [0.717, 1.165) is 16.9 Å². The minimum Gasteiger partial charge on any atom is -0.373 e. The van der Waals surface area contributed by atoms with E-state index in [0.29, 0.717) is 6.54 Å². The first-order chi connectivity index (χ1) is 9.38. The van der Waals surface area contributed by atoms with Crippen molar-refractivity contribution >= 4 is 11.3 Å². The lowest BCUT2D eigenvalue weighted by Gasteiger charge is -2.21. The topological polar surface area (TPSA) is 21.3 Å². The van der Waals surface area contributed by atoms with Gasteiger partial charge in [0.15, 0.2) is 0 Å². The summed E-state index contributed by atoms with van der Waals surface area (Å²) >= 11 is 1.55. The lowest BCUT2D eigenvalue weighted by molar-refractivity contribution is -0.167. The summed E-state index contributed by atoms with van der Waals surface area (Å²) in [6.07, 6.45) is -2.82. The first kappa shape index (κ1) is 17.4. The summed E-state index contributed by atoms with van der Waals surface area (Å²) in [5.74, 6) is -4.10. The van der Waals surface area contributed by atoms with Crippen molar-refractivity contribution in [2.24, 2.45) is 0 Å². The summed E-state index contributed by atoms with van der Waals surface area (Å²) in [7, 11) is 0. The Kier molecular flexibility index (Phi) is 6.91. The molecule has 0 aliphatic carbocycles. The molecule has 0 aliphatic heterocycles. The van der Waals surface area contributed by atoms with Gasteiger partial charge in [-0.3, -0.25) is 0 Å². The minimum atomic E-state index is -4.10. The van der Waals surface area contributed by atoms with Gasteiger partial charge < -0.3 is 10.1 Å². The number of rotatable bonds is 9. The molecule has 0 aliphatic rings. The van der Waals surface area contributed by atoms with Crippen molar-refractivity contribution < 1.29 is 22.3 Å². The van der Waals surface area contributed by atoms with Crippen LogP contribution in [0.4, 0.5) is 17.6 Å². The number of alkyl halides is 4. The average Bonchev–Trinajstić information content (AvgIpc) is 2.79. The average molecular weight is 313 g/mol. The van der Waals surface area contributed by atoms with Crippen LogP contribution in [0.15, 0.2) is 11.4 Å². The van der Waals surface area contributed by atoms with Crippen molar-refractivity contribution in [3.63, 3.8) is 0 Å². The molecule has 0 bridgehead atoms. The molecule has 1 aromatic rings. The molecule has 0 radical (unpaired) electrons. The molecule has 0 saturated heterocycles. The SMILES string of the molecule is CCCNC(COCC(F)(F)C(F)F)c1ccsc1C. The molecule has 20 heavy (non-hydrogen) atoms. The second-order valence-corrected chi connectivity index (χ2v) is 5.64. The normalized spacial score (nSPS) is 13.9. The first-order valence-corrected chi connectivity index (χ1v) is 7.27. The zero-order valence-electron chi connectivity index (χ0n) is 11.5. The van der Waals surface area contributed by atoms with Gasteiger partial charge in [0.25, 0.3) is 0 Å². The van der Waals surface area contributed by atoms with Gasteiger partial charge in [-0.1, -0.05) is 6.92 Å². The third kappa shape index (κ3) is 5.03. The van der Waals surface area contributed by atoms with Gasteiger partial charge in [0.2, 0.25) is 0 Å². The van der Waals surface area contributed by atoms with Crippen molar-refractivity contribution in [2.75, 3.05) is 19.8 Å². The van der Waals surface area contributed by atoms with E-state index in [1.54, 1.807) is 11.3 Å². The number of halogens is 4. The van der Waals surface area contributed by atoms with E-state index in [1.165, 1.54) is 0 Å². The Morgan fingerprint density at radius 2 is 2.10 bits per heavy atom. The van der Waals surface area contributed by atoms with Crippen LogP contribution in [0, 0.1) is 6.92 Å². The van der Waals surface area contributed by atoms with Crippen LogP contribution >= 0.6 is 11.3 Å². The number of aryl methyl sites for hydroxylation is 1. The molecule has 116 valence electrons. The maximum Gasteiger partial charge on any atom is 0.330 e. The molecular weight excluding hydrogens is 294 g/mol. The van der Waals surface area contributed by atoms with E-state index in [1.807, 2.05) is 25.3 Å². The van der Waals surface area contributed by atoms with Crippen molar-refractivity contribution in [3.05, 3.63) is 21.9 Å². The van der Waals surface area contributed by atoms with Crippen LogP contribution in [-0.4, -0.2) is 32.1 Å². The third-order valence-corrected chi connectivity index (χ3v) is 3.67. The van der Waals surface area contributed by atoms with Crippen LogP contribution in [0.2, 0.25) is 0 Å². The second-order valence-electron chi connectivity index (χ2n) is 4.52. The van der Waals surface area contributed by atoms with Crippen molar-refractivity contribution in [2.45, 2.75) is 38.7 Å². The number of thiophene rings is 1. The van der Waals surface area contributed by atoms with Gasteiger partial charge in [-0.05, 0) is 36.9 Å². The van der Waals surface area contributed by atoms with E-state index in [2.05, 4.69) is 5.32 Å². The van der Waals surface area contributed by atoms with Gasteiger partial charge in [-0.15, -0.1) is 11.3 Å². The molecule has 0 spiro atoms. The minimum absolute atomic E-state index is 0.0557. The van der Waals surface area contributed by atoms with Crippen molar-refractivity contribution in [1.29, 1.82) is 0 Å². The van der Waals surface area contributed by atoms with E-state index in [9.17, 15) is 17.6 Å². The van der Waals surface area contributed by atoms with E-state index in [-0.39, 0.29) is 12.6 Å². The highest BCUT2D eigenvalue weighted by molar-refractivity contribution is 7.10. The zero-order chi connectivity index (χ0) is 15.2. The summed E-state index contributed by atoms with van der Waals surface area (Å²) in [6, 6.07) is 1.64. The molecule has 7 heteroatoms. The quantitative estimate of drug-likeness (QED) is 0.695. The summed E-state index contributed by atoms with van der Waals surface area (Å²) in [5, 5.41) is 5.08. The molecule has 0 amide bonds. The fraction of sp³-hybridized carbons (Fsp3) is 0.692. The number of ether oxygens (including phenoxy) is 1. The van der Waals surface area contributed by atoms with Crippen LogP contribution in [0.25, 0.3) is 0 Å². The largest absolute Gasteiger partial charge is 0.373 e. The van der Waals surface area contributed by atoms with Crippen molar-refractivity contribution in [3.8, 4) is 0 Å². The van der Waals surface area contributed by atoms with Crippen LogP contribution in [0.3, 0.4) is 0 Å². The predicted molar refractivity (Wildman–Crippen MR) is 71.9 cm³/mol. The maximum atomic E-state index is 12.8. The van der Waals surface area contributed by atoms with Gasteiger partial charge in [0.05, 0.1) is 12.6 Å². The Bertz CT molecular complexity index is 397. The van der Waals surface area contributed by atoms with Crippen LogP contribution in [0.1, 0.15) is 29.8 Å². The lowest BCUT2D eigenvalue weighted by atomic mass is 10.1. The van der Waals surface area contributed by atoms with Gasteiger partial charge >= 0.3 is 12.3 Å². The van der Waals surface area contributed by atoms with Crippen LogP contribution < -0.4 is 5.32 Å². The summed E-state index contributed by atoms with van der Waals surface area (Å²) in [6.45, 7) is 3.29. The highest BCUT2D eigenvalue weighted by atomic mass is 32.1.